The van der Waals surface area contributed by atoms with Gasteiger partial charge in [-0.15, -0.1) is 0 Å². The van der Waals surface area contributed by atoms with Crippen LogP contribution in [0, 0.1) is 41.8 Å². The number of furan rings is 3. The molecule has 8 N–H and O–H groups in total. The minimum absolute atomic E-state index is 0. The van der Waals surface area contributed by atoms with Crippen molar-refractivity contribution in [2.75, 3.05) is 13.2 Å². The van der Waals surface area contributed by atoms with Gasteiger partial charge in [0.15, 0.2) is 17.5 Å². The molecule has 0 aliphatic carbocycles. The van der Waals surface area contributed by atoms with Crippen molar-refractivity contribution < 1.29 is 103 Å². The number of hydrogen-bond acceptors (Lipinski definition) is 20. The Bertz CT molecular complexity index is 5150. The van der Waals surface area contributed by atoms with Crippen LogP contribution in [-0.2, 0) is 91.9 Å². The Morgan fingerprint density at radius 1 is 0.486 bits per heavy atom. The average Bonchev–Trinajstić information content (AvgIpc) is 1.63. The quantitative estimate of drug-likeness (QED) is 0.0263. The van der Waals surface area contributed by atoms with Gasteiger partial charge in [0.25, 0.3) is 0 Å². The third-order valence-corrected chi connectivity index (χ3v) is 18.5. The van der Waals surface area contributed by atoms with Crippen molar-refractivity contribution in [2.24, 2.45) is 17.2 Å². The van der Waals surface area contributed by atoms with E-state index in [1.165, 1.54) is 12.4 Å². The van der Waals surface area contributed by atoms with Gasteiger partial charge in [-0.2, -0.15) is 0 Å². The zero-order chi connectivity index (χ0) is 76.7. The average molecular weight is 1600 g/mol. The van der Waals surface area contributed by atoms with Gasteiger partial charge < -0.3 is 74.0 Å². The normalized spacial score (nSPS) is 12.5. The molecule has 12 aromatic rings. The molecule has 0 spiro atoms. The molecule has 1 fully saturated rings. The second kappa shape index (κ2) is 38.5. The number of para-hydroxylation sites is 3. The first-order valence-electron chi connectivity index (χ1n) is 34.6. The zero-order valence-electron chi connectivity index (χ0n) is 62.2. The smallest absolute Gasteiger partial charge is 0.870 e. The number of nitrogens with zero attached hydrogens (tertiary/aromatic N) is 3. The number of carboxylic acid groups (broad SMARTS) is 1. The van der Waals surface area contributed by atoms with Crippen molar-refractivity contribution in [1.29, 1.82) is 0 Å². The Balaban J connectivity index is 0.000000191. The van der Waals surface area contributed by atoms with Gasteiger partial charge in [-0.3, -0.25) is 29.3 Å². The number of carbonyl (C=O) groups is 3. The SMILES string of the molecule is CCOC(=O)Cc1ccccc1OCc1cc(-c2ccnc(CN)c2F)c2oc(C)cc2c1.CCOC(=O)Cc1ccccc1OCc1cc(B2OC(C)(C)C(C)(C)O2)c2oc(C)cc2c1.Cc1cc2cc(COc3ccccc3CC(=O)O)cc(-c3ccnc(CN)c3F)c2o1.NCc1nccc(I)c1F.[Li+].[OH-]. The van der Waals surface area contributed by atoms with Gasteiger partial charge in [0.2, 0.25) is 0 Å². The van der Waals surface area contributed by atoms with Crippen LogP contribution in [0.2, 0.25) is 0 Å². The van der Waals surface area contributed by atoms with Crippen LogP contribution in [0.1, 0.15) is 109 Å². The molecule has 0 bridgehead atoms. The summed E-state index contributed by atoms with van der Waals surface area (Å²) in [7, 11) is -0.542. The number of ether oxygens (including phenoxy) is 5. The molecule has 6 aromatic heterocycles. The van der Waals surface area contributed by atoms with Crippen LogP contribution in [0.15, 0.2) is 177 Å². The molecule has 564 valence electrons. The fourth-order valence-electron chi connectivity index (χ4n) is 11.9. The van der Waals surface area contributed by atoms with Gasteiger partial charge in [-0.1, -0.05) is 60.7 Å². The summed E-state index contributed by atoms with van der Waals surface area (Å²) in [6, 6.07) is 44.0. The Labute approximate surface area is 655 Å². The number of aliphatic carboxylic acids is 1. The van der Waals surface area contributed by atoms with Crippen LogP contribution >= 0.6 is 22.6 Å². The molecule has 7 heterocycles. The number of pyridine rings is 3. The van der Waals surface area contributed by atoms with Crippen molar-refractivity contribution in [3.8, 4) is 39.5 Å². The summed E-state index contributed by atoms with van der Waals surface area (Å²) < 4.78 is 102. The number of nitrogens with two attached hydrogens (primary N) is 3. The standard InChI is InChI=1S/C26H31BO6.C26H25FN2O4.C24H21FN2O4.C6H6FIN2.Li.H2O/c1-7-29-23(28)15-19-10-8-9-11-22(19)30-16-18-13-20-12-17(2)31-24(20)21(14-18)27-32-25(3,4)26(5,6)33-27;1-3-31-24(30)13-18-6-4-5-7-23(18)32-15-17-11-19-10-16(2)33-26(19)21(12-17)20-8-9-29-22(14-28)25(20)27;1-14-8-17-9-15(13-30-21-5-3-2-4-16(21)11-22(28)29)10-19(24(17)31-14)18-6-7-27-20(12-26)23(18)25;7-6-4(8)1-2-10-5(6)3-9;;/h8-14H,7,15-16H2,1-6H3;4-12H,3,13-15,28H2,1-2H3;2-10H,11-13,26H2,1H3,(H,28,29);1-2H,3,9H2;;1H2/q;;;;+1;/p-1. The van der Waals surface area contributed by atoms with Gasteiger partial charge in [-0.05, 0) is 187 Å². The maximum Gasteiger partial charge on any atom is 1.00 e. The molecule has 1 aliphatic rings. The van der Waals surface area contributed by atoms with E-state index in [0.717, 1.165) is 66.5 Å². The van der Waals surface area contributed by atoms with E-state index in [2.05, 4.69) is 21.0 Å². The predicted octanol–water partition coefficient (Wildman–Crippen LogP) is 12.5. The van der Waals surface area contributed by atoms with E-state index in [9.17, 15) is 23.2 Å². The zero-order valence-corrected chi connectivity index (χ0v) is 64.4. The molecule has 0 atom stereocenters. The number of halogens is 4. The Kier molecular flexibility index (Phi) is 29.9. The number of benzene rings is 6. The molecule has 0 amide bonds. The van der Waals surface area contributed by atoms with Gasteiger partial charge in [0.1, 0.15) is 71.1 Å². The summed E-state index contributed by atoms with van der Waals surface area (Å²) in [6.45, 7) is 18.9. The molecule has 1 saturated heterocycles. The van der Waals surface area contributed by atoms with E-state index in [1.54, 1.807) is 62.5 Å². The molecule has 21 nitrogen and oxygen atoms in total. The molecule has 0 radical (unpaired) electrons. The van der Waals surface area contributed by atoms with Gasteiger partial charge in [-0.25, -0.2) is 13.2 Å². The van der Waals surface area contributed by atoms with E-state index in [1.807, 2.05) is 168 Å². The first kappa shape index (κ1) is 84.8. The third-order valence-electron chi connectivity index (χ3n) is 17.7. The summed E-state index contributed by atoms with van der Waals surface area (Å²) in [5.74, 6) is 1.23. The number of hydrogen-bond donors (Lipinski definition) is 4. The number of carbonyl (C=O) groups excluding carboxylic acids is 2. The van der Waals surface area contributed by atoms with Crippen molar-refractivity contribution in [3.05, 3.63) is 253 Å². The Hall–Kier alpha value is -9.86. The minimum Gasteiger partial charge on any atom is -0.870 e. The summed E-state index contributed by atoms with van der Waals surface area (Å²) >= 11 is 1.90. The number of fused-ring (bicyclic) bond motifs is 3. The number of carboxylic acids is 1. The Morgan fingerprint density at radius 2 is 0.835 bits per heavy atom. The third kappa shape index (κ3) is 21.1. The molecule has 6 aromatic carbocycles. The first-order valence-corrected chi connectivity index (χ1v) is 35.6. The second-order valence-electron chi connectivity index (χ2n) is 26.0. The minimum atomic E-state index is -0.933. The van der Waals surface area contributed by atoms with E-state index in [0.29, 0.717) is 91.1 Å². The topological polar surface area (TPSA) is 322 Å². The van der Waals surface area contributed by atoms with Crippen LogP contribution in [0.5, 0.6) is 17.2 Å². The molecule has 1 aliphatic heterocycles. The van der Waals surface area contributed by atoms with Gasteiger partial charge in [0.05, 0.1) is 64.3 Å². The first-order chi connectivity index (χ1) is 51.3. The van der Waals surface area contributed by atoms with E-state index < -0.39 is 35.9 Å². The number of esters is 2. The number of aromatic nitrogens is 3. The molecule has 0 unspecified atom stereocenters. The molecule has 27 heteroatoms. The molecular weight excluding hydrogens is 1510 g/mol. The van der Waals surface area contributed by atoms with Crippen molar-refractivity contribution in [3.63, 3.8) is 0 Å². The summed E-state index contributed by atoms with van der Waals surface area (Å²) in [6.07, 6.45) is 4.77. The van der Waals surface area contributed by atoms with E-state index in [-0.39, 0.29) is 106 Å². The maximum atomic E-state index is 15.1. The van der Waals surface area contributed by atoms with Gasteiger partial charge >= 0.3 is 43.9 Å². The largest absolute Gasteiger partial charge is 1.00 e. The van der Waals surface area contributed by atoms with Gasteiger partial charge in [0, 0.05) is 98.8 Å². The molecule has 13 rings (SSSR count). The second-order valence-corrected chi connectivity index (χ2v) is 27.2. The van der Waals surface area contributed by atoms with Crippen LogP contribution in [0.4, 0.5) is 13.2 Å². The van der Waals surface area contributed by atoms with Crippen molar-refractivity contribution in [1.82, 2.24) is 15.0 Å². The number of rotatable bonds is 23. The fraction of sp³-hybridized carbons (Fsp3) is 0.268. The summed E-state index contributed by atoms with van der Waals surface area (Å²) in [5, 5.41) is 11.7. The maximum absolute atomic E-state index is 15.1. The van der Waals surface area contributed by atoms with Crippen LogP contribution in [-0.4, -0.2) is 75.0 Å². The fourth-order valence-corrected chi connectivity index (χ4v) is 12.4. The van der Waals surface area contributed by atoms with E-state index in [4.69, 9.17) is 68.6 Å². The summed E-state index contributed by atoms with van der Waals surface area (Å²) in [5.41, 5.74) is 25.6. The number of aryl methyl sites for hydroxylation is 3. The van der Waals surface area contributed by atoms with Crippen molar-refractivity contribution in [2.45, 2.75) is 132 Å². The predicted molar refractivity (Wildman–Crippen MR) is 412 cm³/mol. The van der Waals surface area contributed by atoms with Crippen LogP contribution in [0.3, 0.4) is 0 Å². The molecular formula is C82H84BF3ILiN6O15. The van der Waals surface area contributed by atoms with Crippen LogP contribution < -0.4 is 55.7 Å². The van der Waals surface area contributed by atoms with Crippen molar-refractivity contribution >= 4 is 86.0 Å². The monoisotopic (exact) mass is 1590 g/mol. The van der Waals surface area contributed by atoms with E-state index >= 15 is 4.39 Å². The molecule has 0 saturated carbocycles. The molecule has 109 heavy (non-hydrogen) atoms. The Morgan fingerprint density at radius 3 is 1.21 bits per heavy atom. The summed E-state index contributed by atoms with van der Waals surface area (Å²) in [4.78, 5) is 46.8. The van der Waals surface area contributed by atoms with Crippen LogP contribution in [0.25, 0.3) is 55.2 Å².